The molecule has 10 N–H and O–H groups in total. The molecule has 0 fully saturated rings. The van der Waals surface area contributed by atoms with E-state index in [4.69, 9.17) is 11.5 Å². The minimum atomic E-state index is 0.511. The fraction of sp³-hybridized carbons (Fsp3) is 0.600. The van der Waals surface area contributed by atoms with Crippen LogP contribution in [0.3, 0.4) is 0 Å². The van der Waals surface area contributed by atoms with Gasteiger partial charge in [-0.2, -0.15) is 5.10 Å². The molecule has 0 spiro atoms. The monoisotopic (exact) mass is 351 g/mol. The Morgan fingerprint density at radius 3 is 2.64 bits per heavy atom. The second-order valence-corrected chi connectivity index (χ2v) is 5.88. The molecule has 138 valence electrons. The van der Waals surface area contributed by atoms with Crippen LogP contribution >= 0.6 is 0 Å². The normalized spacial score (nSPS) is 11.6. The SMILES string of the molecule is NCCCn1ncc(N=Nc2n(CCC[NH3+])cc[n+]2CCC[NH3+])c1N. The van der Waals surface area contributed by atoms with Gasteiger partial charge in [-0.3, -0.25) is 0 Å². The maximum Gasteiger partial charge on any atom is 0.421 e. The van der Waals surface area contributed by atoms with Crippen LogP contribution in [0.15, 0.2) is 28.8 Å². The third-order valence-corrected chi connectivity index (χ3v) is 3.92. The van der Waals surface area contributed by atoms with Crippen LogP contribution in [0, 0.1) is 0 Å². The van der Waals surface area contributed by atoms with Gasteiger partial charge in [0.05, 0.1) is 44.8 Å². The lowest BCUT2D eigenvalue weighted by molar-refractivity contribution is -0.686. The quantitative estimate of drug-likeness (QED) is 0.289. The Bertz CT molecular complexity index is 646. The second-order valence-electron chi connectivity index (χ2n) is 5.88. The van der Waals surface area contributed by atoms with E-state index in [0.717, 1.165) is 51.4 Å². The number of nitrogens with two attached hydrogens (primary N) is 2. The van der Waals surface area contributed by atoms with Gasteiger partial charge in [-0.05, 0) is 13.0 Å². The van der Waals surface area contributed by atoms with Crippen LogP contribution in [0.2, 0.25) is 0 Å². The molecular formula is C15H31N10+3. The summed E-state index contributed by atoms with van der Waals surface area (Å²) in [5.41, 5.74) is 20.0. The summed E-state index contributed by atoms with van der Waals surface area (Å²) in [6, 6.07) is 0. The third-order valence-electron chi connectivity index (χ3n) is 3.92. The first-order chi connectivity index (χ1) is 12.2. The fourth-order valence-corrected chi connectivity index (χ4v) is 2.47. The van der Waals surface area contributed by atoms with Gasteiger partial charge in [0.1, 0.15) is 0 Å². The zero-order valence-corrected chi connectivity index (χ0v) is 14.8. The molecule has 2 rings (SSSR count). The summed E-state index contributed by atoms with van der Waals surface area (Å²) in [5.74, 6) is 1.31. The predicted molar refractivity (Wildman–Crippen MR) is 93.9 cm³/mol. The van der Waals surface area contributed by atoms with E-state index in [0.29, 0.717) is 24.6 Å². The first-order valence-corrected chi connectivity index (χ1v) is 8.81. The van der Waals surface area contributed by atoms with Crippen LogP contribution < -0.4 is 27.5 Å². The number of anilines is 1. The smallest absolute Gasteiger partial charge is 0.382 e. The van der Waals surface area contributed by atoms with Crippen molar-refractivity contribution in [2.45, 2.75) is 38.9 Å². The lowest BCUT2D eigenvalue weighted by Gasteiger charge is -2.01. The number of nitrogens with zero attached hydrogens (tertiary/aromatic N) is 6. The van der Waals surface area contributed by atoms with E-state index in [1.807, 2.05) is 12.4 Å². The van der Waals surface area contributed by atoms with Crippen molar-refractivity contribution < 1.29 is 16.0 Å². The summed E-state index contributed by atoms with van der Waals surface area (Å²) in [4.78, 5) is 0. The Hall–Kier alpha value is -2.30. The van der Waals surface area contributed by atoms with E-state index < -0.39 is 0 Å². The van der Waals surface area contributed by atoms with Gasteiger partial charge in [0.15, 0.2) is 11.5 Å². The lowest BCUT2D eigenvalue weighted by atomic mass is 10.4. The number of imidazole rings is 1. The van der Waals surface area contributed by atoms with E-state index in [-0.39, 0.29) is 0 Å². The molecule has 0 bridgehead atoms. The number of azo groups is 1. The molecule has 0 aromatic carbocycles. The molecule has 0 aliphatic rings. The molecular weight excluding hydrogens is 320 g/mol. The zero-order chi connectivity index (χ0) is 18.1. The van der Waals surface area contributed by atoms with Crippen LogP contribution in [0.4, 0.5) is 17.5 Å². The first-order valence-electron chi connectivity index (χ1n) is 8.81. The van der Waals surface area contributed by atoms with Gasteiger partial charge in [-0.15, -0.1) is 0 Å². The summed E-state index contributed by atoms with van der Waals surface area (Å²) < 4.78 is 5.89. The second kappa shape index (κ2) is 9.87. The van der Waals surface area contributed by atoms with Crippen molar-refractivity contribution in [1.29, 1.82) is 0 Å². The molecule has 2 heterocycles. The molecule has 10 heteroatoms. The van der Waals surface area contributed by atoms with Gasteiger partial charge in [-0.1, -0.05) is 5.11 Å². The van der Waals surface area contributed by atoms with Crippen molar-refractivity contribution in [2.24, 2.45) is 16.0 Å². The molecule has 2 aromatic heterocycles. The maximum atomic E-state index is 6.10. The summed E-state index contributed by atoms with van der Waals surface area (Å²) in [6.45, 7) is 4.77. The average Bonchev–Trinajstić information content (AvgIpc) is 3.17. The Morgan fingerprint density at radius 2 is 1.92 bits per heavy atom. The minimum absolute atomic E-state index is 0.511. The Morgan fingerprint density at radius 1 is 1.12 bits per heavy atom. The third kappa shape index (κ3) is 5.08. The van der Waals surface area contributed by atoms with Crippen LogP contribution in [0.5, 0.6) is 0 Å². The molecule has 0 atom stereocenters. The molecule has 0 saturated carbocycles. The van der Waals surface area contributed by atoms with Crippen LogP contribution in [0.25, 0.3) is 0 Å². The van der Waals surface area contributed by atoms with E-state index in [1.54, 1.807) is 10.9 Å². The molecule has 2 aromatic rings. The van der Waals surface area contributed by atoms with Crippen molar-refractivity contribution >= 4 is 17.5 Å². The number of quaternary nitrogens is 2. The standard InChI is InChI=1S/C15H28N10/c16-4-1-7-23-10-11-24(8-2-5-17)15(23)22-21-13-12-20-25(14(13)19)9-3-6-18/h10-12,19H,1-9,16-18H2/p+3. The van der Waals surface area contributed by atoms with Crippen molar-refractivity contribution in [3.05, 3.63) is 18.6 Å². The molecule has 0 radical (unpaired) electrons. The Kier molecular flexibility index (Phi) is 7.51. The Balaban J connectivity index is 2.20. The number of rotatable bonds is 11. The highest BCUT2D eigenvalue weighted by molar-refractivity contribution is 5.56. The lowest BCUT2D eigenvalue weighted by Crippen LogP contribution is -2.51. The molecule has 0 aliphatic heterocycles. The number of hydrogen-bond acceptors (Lipinski definition) is 5. The van der Waals surface area contributed by atoms with E-state index in [9.17, 15) is 0 Å². The summed E-state index contributed by atoms with van der Waals surface area (Å²) in [7, 11) is 0. The number of nitrogen functional groups attached to an aromatic ring is 1. The highest BCUT2D eigenvalue weighted by Gasteiger charge is 2.18. The van der Waals surface area contributed by atoms with Gasteiger partial charge in [0.2, 0.25) is 0 Å². The molecule has 0 unspecified atom stereocenters. The van der Waals surface area contributed by atoms with Crippen LogP contribution in [-0.2, 0) is 19.6 Å². The zero-order valence-electron chi connectivity index (χ0n) is 14.8. The van der Waals surface area contributed by atoms with E-state index in [2.05, 4.69) is 35.9 Å². The van der Waals surface area contributed by atoms with Gasteiger partial charge >= 0.3 is 5.95 Å². The van der Waals surface area contributed by atoms with Gasteiger partial charge in [0.25, 0.3) is 0 Å². The Labute approximate surface area is 147 Å². The fourth-order valence-electron chi connectivity index (χ4n) is 2.47. The van der Waals surface area contributed by atoms with Gasteiger partial charge in [-0.25, -0.2) is 13.8 Å². The summed E-state index contributed by atoms with van der Waals surface area (Å²) in [6.07, 6.45) is 8.50. The van der Waals surface area contributed by atoms with Crippen molar-refractivity contribution in [3.63, 3.8) is 0 Å². The van der Waals surface area contributed by atoms with E-state index in [1.165, 1.54) is 0 Å². The summed E-state index contributed by atoms with van der Waals surface area (Å²) in [5, 5.41) is 13.0. The summed E-state index contributed by atoms with van der Waals surface area (Å²) >= 11 is 0. The first kappa shape index (κ1) is 19.0. The minimum Gasteiger partial charge on any atom is -0.382 e. The predicted octanol–water partition coefficient (Wildman–Crippen LogP) is -1.42. The van der Waals surface area contributed by atoms with E-state index >= 15 is 0 Å². The van der Waals surface area contributed by atoms with Crippen molar-refractivity contribution in [3.8, 4) is 0 Å². The number of aromatic nitrogens is 4. The molecule has 25 heavy (non-hydrogen) atoms. The van der Waals surface area contributed by atoms with Gasteiger partial charge in [0, 0.05) is 24.5 Å². The molecule has 0 amide bonds. The maximum absolute atomic E-state index is 6.10. The molecule has 0 aliphatic carbocycles. The number of aryl methyl sites for hydroxylation is 3. The number of hydrogen-bond donors (Lipinski definition) is 4. The largest absolute Gasteiger partial charge is 0.421 e. The molecule has 10 nitrogen and oxygen atoms in total. The van der Waals surface area contributed by atoms with Gasteiger partial charge < -0.3 is 22.9 Å². The highest BCUT2D eigenvalue weighted by Crippen LogP contribution is 2.23. The van der Waals surface area contributed by atoms with Crippen LogP contribution in [-0.4, -0.2) is 34.0 Å². The van der Waals surface area contributed by atoms with Crippen molar-refractivity contribution in [1.82, 2.24) is 14.3 Å². The topological polar surface area (TPSA) is 159 Å². The average molecular weight is 351 g/mol. The van der Waals surface area contributed by atoms with Crippen molar-refractivity contribution in [2.75, 3.05) is 25.4 Å². The molecule has 0 saturated heterocycles. The highest BCUT2D eigenvalue weighted by atomic mass is 15.3. The van der Waals surface area contributed by atoms with Crippen LogP contribution in [0.1, 0.15) is 19.3 Å².